The molecule has 7 heteroatoms. The second kappa shape index (κ2) is 21.6. The van der Waals surface area contributed by atoms with E-state index in [9.17, 15) is 14.4 Å². The summed E-state index contributed by atoms with van der Waals surface area (Å²) < 4.78 is 0. The zero-order valence-electron chi connectivity index (χ0n) is 20.2. The van der Waals surface area contributed by atoms with Crippen molar-refractivity contribution in [1.29, 1.82) is 0 Å². The van der Waals surface area contributed by atoms with E-state index in [1.807, 2.05) is 0 Å². The van der Waals surface area contributed by atoms with Crippen LogP contribution in [-0.4, -0.2) is 42.4 Å². The fraction of sp³-hybridized carbons (Fsp3) is 0.875. The molecule has 0 bridgehead atoms. The van der Waals surface area contributed by atoms with E-state index in [0.29, 0.717) is 6.54 Å². The number of amides is 3. The van der Waals surface area contributed by atoms with Crippen molar-refractivity contribution in [3.05, 3.63) is 0 Å². The summed E-state index contributed by atoms with van der Waals surface area (Å²) in [6, 6.07) is 0. The van der Waals surface area contributed by atoms with Crippen LogP contribution in [0.5, 0.6) is 0 Å². The lowest BCUT2D eigenvalue weighted by Gasteiger charge is -2.21. The molecule has 0 saturated carbocycles. The maximum Gasteiger partial charge on any atom is 0.255 e. The van der Waals surface area contributed by atoms with Crippen LogP contribution in [0.25, 0.3) is 0 Å². The highest BCUT2D eigenvalue weighted by molar-refractivity contribution is 5.87. The van der Waals surface area contributed by atoms with Gasteiger partial charge in [0.1, 0.15) is 6.54 Å². The fourth-order valence-corrected chi connectivity index (χ4v) is 3.59. The van der Waals surface area contributed by atoms with Crippen LogP contribution < -0.4 is 16.5 Å². The van der Waals surface area contributed by atoms with Crippen LogP contribution in [0.1, 0.15) is 117 Å². The summed E-state index contributed by atoms with van der Waals surface area (Å²) in [5.41, 5.74) is 7.62. The Balaban J connectivity index is 3.44. The fourth-order valence-electron chi connectivity index (χ4n) is 3.59. The Morgan fingerprint density at radius 2 is 1.13 bits per heavy atom. The Morgan fingerprint density at radius 3 is 1.52 bits per heavy atom. The Hall–Kier alpha value is -1.63. The monoisotopic (exact) mass is 440 g/mol. The molecule has 0 aliphatic rings. The summed E-state index contributed by atoms with van der Waals surface area (Å²) in [5, 5.41) is 3.75. The average molecular weight is 441 g/mol. The smallest absolute Gasteiger partial charge is 0.255 e. The number of nitrogens with two attached hydrogens (primary N) is 1. The van der Waals surface area contributed by atoms with Crippen LogP contribution in [0.15, 0.2) is 0 Å². The summed E-state index contributed by atoms with van der Waals surface area (Å²) in [7, 11) is 0. The molecule has 0 saturated heterocycles. The standard InChI is InChI=1S/C24H48N4O3/c1-3-4-5-6-7-8-9-10-11-12-13-14-15-16-17-18-19-26-23(30)21-28(24(31)20-25)27-22(2)29/h3-21,25H2,1-2H3,(H,26,30)(H,27,29). The molecule has 0 radical (unpaired) electrons. The van der Waals surface area contributed by atoms with E-state index < -0.39 is 11.8 Å². The number of carbonyl (C=O) groups excluding carboxylic acids is 3. The number of nitrogens with zero attached hydrogens (tertiary/aromatic N) is 1. The molecule has 182 valence electrons. The largest absolute Gasteiger partial charge is 0.354 e. The number of unbranched alkanes of at least 4 members (excludes halogenated alkanes) is 15. The normalized spacial score (nSPS) is 10.7. The first-order chi connectivity index (χ1) is 15.0. The summed E-state index contributed by atoms with van der Waals surface area (Å²) in [4.78, 5) is 34.6. The molecule has 0 aliphatic heterocycles. The van der Waals surface area contributed by atoms with E-state index in [1.165, 1.54) is 96.8 Å². The number of hydrazine groups is 1. The van der Waals surface area contributed by atoms with E-state index in [4.69, 9.17) is 5.73 Å². The molecular formula is C24H48N4O3. The van der Waals surface area contributed by atoms with Gasteiger partial charge in [-0.2, -0.15) is 0 Å². The van der Waals surface area contributed by atoms with Crippen molar-refractivity contribution >= 4 is 17.7 Å². The first-order valence-electron chi connectivity index (χ1n) is 12.6. The second-order valence-corrected chi connectivity index (χ2v) is 8.51. The molecule has 0 heterocycles. The highest BCUT2D eigenvalue weighted by Gasteiger charge is 2.16. The first-order valence-corrected chi connectivity index (χ1v) is 12.6. The van der Waals surface area contributed by atoms with Gasteiger partial charge in [0.15, 0.2) is 0 Å². The number of carbonyl (C=O) groups is 3. The molecule has 7 nitrogen and oxygen atoms in total. The molecule has 0 aromatic carbocycles. The van der Waals surface area contributed by atoms with Crippen LogP contribution >= 0.6 is 0 Å². The average Bonchev–Trinajstić information content (AvgIpc) is 2.74. The van der Waals surface area contributed by atoms with Gasteiger partial charge in [0, 0.05) is 13.5 Å². The molecule has 0 atom stereocenters. The number of hydrogen-bond acceptors (Lipinski definition) is 4. The van der Waals surface area contributed by atoms with Gasteiger partial charge in [-0.25, -0.2) is 5.01 Å². The van der Waals surface area contributed by atoms with Crippen LogP contribution in [0.2, 0.25) is 0 Å². The lowest BCUT2D eigenvalue weighted by Crippen LogP contribution is -2.52. The van der Waals surface area contributed by atoms with Crippen LogP contribution in [0.3, 0.4) is 0 Å². The van der Waals surface area contributed by atoms with Gasteiger partial charge in [-0.05, 0) is 6.42 Å². The predicted molar refractivity (Wildman–Crippen MR) is 127 cm³/mol. The Bertz CT molecular complexity index is 472. The van der Waals surface area contributed by atoms with Crippen molar-refractivity contribution < 1.29 is 14.4 Å². The molecule has 31 heavy (non-hydrogen) atoms. The Labute approximate surface area is 190 Å². The van der Waals surface area contributed by atoms with Gasteiger partial charge >= 0.3 is 0 Å². The minimum atomic E-state index is -0.493. The van der Waals surface area contributed by atoms with Crippen LogP contribution in [-0.2, 0) is 14.4 Å². The summed E-state index contributed by atoms with van der Waals surface area (Å²) in [6.07, 6.45) is 21.0. The topological polar surface area (TPSA) is 105 Å². The van der Waals surface area contributed by atoms with Crippen molar-refractivity contribution in [1.82, 2.24) is 15.8 Å². The van der Waals surface area contributed by atoms with Gasteiger partial charge in [0.25, 0.3) is 5.91 Å². The number of rotatable bonds is 20. The van der Waals surface area contributed by atoms with Crippen molar-refractivity contribution in [3.63, 3.8) is 0 Å². The van der Waals surface area contributed by atoms with Crippen LogP contribution in [0, 0.1) is 0 Å². The number of hydrogen-bond donors (Lipinski definition) is 3. The zero-order valence-corrected chi connectivity index (χ0v) is 20.2. The molecule has 3 amide bonds. The molecule has 0 rings (SSSR count). The van der Waals surface area contributed by atoms with Crippen molar-refractivity contribution in [2.75, 3.05) is 19.6 Å². The van der Waals surface area contributed by atoms with Gasteiger partial charge in [0.2, 0.25) is 11.8 Å². The SMILES string of the molecule is CCCCCCCCCCCCCCCCCCNC(=O)CN(NC(C)=O)C(=O)CN. The third-order valence-electron chi connectivity index (χ3n) is 5.42. The summed E-state index contributed by atoms with van der Waals surface area (Å²) in [6.45, 7) is 3.66. The van der Waals surface area contributed by atoms with Gasteiger partial charge in [-0.1, -0.05) is 103 Å². The second-order valence-electron chi connectivity index (χ2n) is 8.51. The molecule has 0 aromatic heterocycles. The highest BCUT2D eigenvalue weighted by atomic mass is 16.2. The van der Waals surface area contributed by atoms with Crippen LogP contribution in [0.4, 0.5) is 0 Å². The lowest BCUT2D eigenvalue weighted by atomic mass is 10.0. The van der Waals surface area contributed by atoms with E-state index in [-0.39, 0.29) is 19.0 Å². The van der Waals surface area contributed by atoms with Gasteiger partial charge in [-0.15, -0.1) is 0 Å². The first kappa shape index (κ1) is 29.4. The Morgan fingerprint density at radius 1 is 0.710 bits per heavy atom. The lowest BCUT2D eigenvalue weighted by molar-refractivity contribution is -0.142. The molecule has 0 aromatic rings. The van der Waals surface area contributed by atoms with Gasteiger partial charge in [-0.3, -0.25) is 19.8 Å². The quantitative estimate of drug-likeness (QED) is 0.195. The molecular weight excluding hydrogens is 392 g/mol. The Kier molecular flexibility index (Phi) is 20.5. The molecule has 4 N–H and O–H groups in total. The third-order valence-corrected chi connectivity index (χ3v) is 5.42. The van der Waals surface area contributed by atoms with E-state index in [0.717, 1.165) is 17.9 Å². The summed E-state index contributed by atoms with van der Waals surface area (Å²) >= 11 is 0. The molecule has 0 unspecified atom stereocenters. The maximum atomic E-state index is 11.9. The molecule has 0 spiro atoms. The van der Waals surface area contributed by atoms with Crippen molar-refractivity contribution in [2.24, 2.45) is 5.73 Å². The van der Waals surface area contributed by atoms with Crippen molar-refractivity contribution in [2.45, 2.75) is 117 Å². The highest BCUT2D eigenvalue weighted by Crippen LogP contribution is 2.13. The summed E-state index contributed by atoms with van der Waals surface area (Å²) in [5.74, 6) is -1.20. The van der Waals surface area contributed by atoms with Gasteiger partial charge in [0.05, 0.1) is 6.54 Å². The number of nitrogens with one attached hydrogen (secondary N) is 2. The van der Waals surface area contributed by atoms with Gasteiger partial charge < -0.3 is 11.1 Å². The van der Waals surface area contributed by atoms with Crippen molar-refractivity contribution in [3.8, 4) is 0 Å². The zero-order chi connectivity index (χ0) is 23.2. The predicted octanol–water partition coefficient (Wildman–Crippen LogP) is 4.20. The van der Waals surface area contributed by atoms with E-state index in [2.05, 4.69) is 17.7 Å². The minimum absolute atomic E-state index is 0.214. The third kappa shape index (κ3) is 20.0. The van der Waals surface area contributed by atoms with E-state index >= 15 is 0 Å². The molecule has 0 fully saturated rings. The minimum Gasteiger partial charge on any atom is -0.354 e. The maximum absolute atomic E-state index is 11.9. The molecule has 0 aliphatic carbocycles. The van der Waals surface area contributed by atoms with E-state index in [1.54, 1.807) is 0 Å².